The molecule has 14 heavy (non-hydrogen) atoms. The molecule has 0 radical (unpaired) electrons. The summed E-state index contributed by atoms with van der Waals surface area (Å²) < 4.78 is 0.621. The molecule has 0 fully saturated rings. The zero-order valence-corrected chi connectivity index (χ0v) is 9.32. The third kappa shape index (κ3) is 1.99. The summed E-state index contributed by atoms with van der Waals surface area (Å²) in [7, 11) is 0. The first-order valence-corrected chi connectivity index (χ1v) is 5.10. The lowest BCUT2D eigenvalue weighted by Crippen LogP contribution is -1.86. The zero-order valence-electron chi connectivity index (χ0n) is 7.74. The molecule has 0 unspecified atom stereocenters. The zero-order chi connectivity index (χ0) is 9.97. The molecule has 0 bridgehead atoms. The fourth-order valence-electron chi connectivity index (χ4n) is 1.22. The lowest BCUT2D eigenvalue weighted by Gasteiger charge is -2.00. The van der Waals surface area contributed by atoms with Crippen LogP contribution in [0.4, 0.5) is 0 Å². The summed E-state index contributed by atoms with van der Waals surface area (Å²) in [6.07, 6.45) is 1.74. The predicted octanol–water partition coefficient (Wildman–Crippen LogP) is 3.21. The maximum Gasteiger partial charge on any atom is 0.197 e. The number of hydrogen-bond donors (Lipinski definition) is 0. The molecule has 0 N–H and O–H groups in total. The van der Waals surface area contributed by atoms with Gasteiger partial charge in [-0.1, -0.05) is 29.8 Å². The summed E-state index contributed by atoms with van der Waals surface area (Å²) >= 11 is 3.25. The van der Waals surface area contributed by atoms with Crippen LogP contribution < -0.4 is 0 Å². The van der Waals surface area contributed by atoms with Gasteiger partial charge in [0.05, 0.1) is 5.69 Å². The minimum Gasteiger partial charge on any atom is -0.231 e. The highest BCUT2D eigenvalue weighted by Gasteiger charge is 1.99. The Morgan fingerprint density at radius 2 is 1.79 bits per heavy atom. The average Bonchev–Trinajstić information content (AvgIpc) is 2.19. The molecule has 0 spiro atoms. The Balaban J connectivity index is 2.44. The van der Waals surface area contributed by atoms with Crippen molar-refractivity contribution < 1.29 is 0 Å². The molecule has 0 aliphatic heterocycles. The van der Waals surface area contributed by atoms with Gasteiger partial charge in [-0.3, -0.25) is 0 Å². The fourth-order valence-corrected chi connectivity index (χ4v) is 1.53. The Kier molecular flexibility index (Phi) is 2.59. The molecule has 0 aliphatic rings. The second-order valence-corrected chi connectivity index (χ2v) is 3.79. The van der Waals surface area contributed by atoms with Crippen molar-refractivity contribution in [2.45, 2.75) is 6.92 Å². The normalized spacial score (nSPS) is 10.1. The second kappa shape index (κ2) is 3.88. The summed E-state index contributed by atoms with van der Waals surface area (Å²) in [6, 6.07) is 10.2. The van der Waals surface area contributed by atoms with Gasteiger partial charge in [-0.15, -0.1) is 0 Å². The summed E-state index contributed by atoms with van der Waals surface area (Å²) in [4.78, 5) is 8.27. The van der Waals surface area contributed by atoms with E-state index >= 15 is 0 Å². The molecule has 0 aliphatic carbocycles. The Morgan fingerprint density at radius 1 is 1.07 bits per heavy atom. The van der Waals surface area contributed by atoms with E-state index < -0.39 is 0 Å². The maximum absolute atomic E-state index is 4.28. The molecule has 70 valence electrons. The summed E-state index contributed by atoms with van der Waals surface area (Å²) in [5.74, 6) is 0. The van der Waals surface area contributed by atoms with E-state index in [0.29, 0.717) is 4.73 Å². The summed E-state index contributed by atoms with van der Waals surface area (Å²) in [5, 5.41) is 0. The van der Waals surface area contributed by atoms with E-state index in [1.54, 1.807) is 6.20 Å². The van der Waals surface area contributed by atoms with Gasteiger partial charge in [-0.25, -0.2) is 9.97 Å². The second-order valence-electron chi connectivity index (χ2n) is 3.08. The number of halogens is 1. The van der Waals surface area contributed by atoms with Crippen LogP contribution in [0.3, 0.4) is 0 Å². The van der Waals surface area contributed by atoms with Crippen LogP contribution in [0, 0.1) is 6.92 Å². The van der Waals surface area contributed by atoms with Gasteiger partial charge >= 0.3 is 0 Å². The van der Waals surface area contributed by atoms with E-state index in [1.807, 2.05) is 6.07 Å². The van der Waals surface area contributed by atoms with Crippen molar-refractivity contribution in [1.82, 2.24) is 9.97 Å². The first-order valence-electron chi connectivity index (χ1n) is 4.31. The number of benzene rings is 1. The predicted molar refractivity (Wildman–Crippen MR) is 59.9 cm³/mol. The standard InChI is InChI=1S/C11H9BrN2/c1-8-2-4-9(5-3-8)10-6-7-13-11(12)14-10/h2-7H,1H3. The number of aromatic nitrogens is 2. The number of rotatable bonds is 1. The van der Waals surface area contributed by atoms with Crippen molar-refractivity contribution >= 4 is 15.9 Å². The van der Waals surface area contributed by atoms with Gasteiger partial charge < -0.3 is 0 Å². The van der Waals surface area contributed by atoms with Gasteiger partial charge in [0, 0.05) is 11.8 Å². The van der Waals surface area contributed by atoms with Crippen LogP contribution in [0.2, 0.25) is 0 Å². The van der Waals surface area contributed by atoms with Crippen LogP contribution in [0.25, 0.3) is 11.3 Å². The Morgan fingerprint density at radius 3 is 2.43 bits per heavy atom. The van der Waals surface area contributed by atoms with Crippen molar-refractivity contribution in [3.63, 3.8) is 0 Å². The van der Waals surface area contributed by atoms with Crippen molar-refractivity contribution in [3.8, 4) is 11.3 Å². The van der Waals surface area contributed by atoms with Crippen LogP contribution in [-0.4, -0.2) is 9.97 Å². The molecule has 1 aromatic heterocycles. The SMILES string of the molecule is Cc1ccc(-c2ccnc(Br)n2)cc1. The lowest BCUT2D eigenvalue weighted by molar-refractivity contribution is 1.12. The Bertz CT molecular complexity index is 437. The van der Waals surface area contributed by atoms with Crippen molar-refractivity contribution in [3.05, 3.63) is 46.8 Å². The molecule has 1 aromatic carbocycles. The maximum atomic E-state index is 4.28. The first-order chi connectivity index (χ1) is 6.75. The third-order valence-corrected chi connectivity index (χ3v) is 2.36. The molecular formula is C11H9BrN2. The van der Waals surface area contributed by atoms with E-state index in [1.165, 1.54) is 5.56 Å². The van der Waals surface area contributed by atoms with E-state index in [4.69, 9.17) is 0 Å². The molecule has 0 amide bonds. The van der Waals surface area contributed by atoms with Crippen LogP contribution >= 0.6 is 15.9 Å². The van der Waals surface area contributed by atoms with Gasteiger partial charge in [0.2, 0.25) is 0 Å². The van der Waals surface area contributed by atoms with Crippen LogP contribution in [0.5, 0.6) is 0 Å². The largest absolute Gasteiger partial charge is 0.231 e. The van der Waals surface area contributed by atoms with Gasteiger partial charge in [-0.05, 0) is 28.9 Å². The highest BCUT2D eigenvalue weighted by Crippen LogP contribution is 2.17. The molecule has 2 rings (SSSR count). The number of hydrogen-bond acceptors (Lipinski definition) is 2. The van der Waals surface area contributed by atoms with Gasteiger partial charge in [-0.2, -0.15) is 0 Å². The highest BCUT2D eigenvalue weighted by molar-refractivity contribution is 9.10. The number of nitrogens with zero attached hydrogens (tertiary/aromatic N) is 2. The fraction of sp³-hybridized carbons (Fsp3) is 0.0909. The van der Waals surface area contributed by atoms with Crippen molar-refractivity contribution in [2.24, 2.45) is 0 Å². The van der Waals surface area contributed by atoms with E-state index in [-0.39, 0.29) is 0 Å². The van der Waals surface area contributed by atoms with E-state index in [0.717, 1.165) is 11.3 Å². The Labute approximate surface area is 91.2 Å². The van der Waals surface area contributed by atoms with E-state index in [2.05, 4.69) is 57.1 Å². The molecule has 2 nitrogen and oxygen atoms in total. The van der Waals surface area contributed by atoms with Crippen molar-refractivity contribution in [2.75, 3.05) is 0 Å². The van der Waals surface area contributed by atoms with Gasteiger partial charge in [0.25, 0.3) is 0 Å². The molecular weight excluding hydrogens is 240 g/mol. The molecule has 0 saturated carbocycles. The Hall–Kier alpha value is -1.22. The molecule has 3 heteroatoms. The summed E-state index contributed by atoms with van der Waals surface area (Å²) in [6.45, 7) is 2.07. The monoisotopic (exact) mass is 248 g/mol. The molecule has 1 heterocycles. The average molecular weight is 249 g/mol. The lowest BCUT2D eigenvalue weighted by atomic mass is 10.1. The summed E-state index contributed by atoms with van der Waals surface area (Å²) in [5.41, 5.74) is 3.30. The first kappa shape index (κ1) is 9.34. The van der Waals surface area contributed by atoms with Crippen LogP contribution in [0.15, 0.2) is 41.3 Å². The smallest absolute Gasteiger partial charge is 0.197 e. The minimum atomic E-state index is 0.621. The minimum absolute atomic E-state index is 0.621. The van der Waals surface area contributed by atoms with Crippen LogP contribution in [0.1, 0.15) is 5.56 Å². The molecule has 0 atom stereocenters. The van der Waals surface area contributed by atoms with Crippen molar-refractivity contribution in [1.29, 1.82) is 0 Å². The highest BCUT2D eigenvalue weighted by atomic mass is 79.9. The van der Waals surface area contributed by atoms with Gasteiger partial charge in [0.15, 0.2) is 4.73 Å². The van der Waals surface area contributed by atoms with Crippen LogP contribution in [-0.2, 0) is 0 Å². The molecule has 2 aromatic rings. The molecule has 0 saturated heterocycles. The van der Waals surface area contributed by atoms with Gasteiger partial charge in [0.1, 0.15) is 0 Å². The van der Waals surface area contributed by atoms with E-state index in [9.17, 15) is 0 Å². The topological polar surface area (TPSA) is 25.8 Å². The quantitative estimate of drug-likeness (QED) is 0.725. The third-order valence-electron chi connectivity index (χ3n) is 1.97. The number of aryl methyl sites for hydroxylation is 1.